The van der Waals surface area contributed by atoms with Gasteiger partial charge in [-0.2, -0.15) is 0 Å². The number of amides is 2. The predicted molar refractivity (Wildman–Crippen MR) is 120 cm³/mol. The van der Waals surface area contributed by atoms with Crippen LogP contribution >= 0.6 is 0 Å². The number of hydrogen-bond acceptors (Lipinski definition) is 4. The van der Waals surface area contributed by atoms with Crippen LogP contribution in [-0.4, -0.2) is 42.3 Å². The zero-order valence-electron chi connectivity index (χ0n) is 18.1. The summed E-state index contributed by atoms with van der Waals surface area (Å²) in [5, 5.41) is 14.0. The van der Waals surface area contributed by atoms with E-state index >= 15 is 0 Å². The molecule has 32 heavy (non-hydrogen) atoms. The monoisotopic (exact) mass is 434 g/mol. The minimum Gasteiger partial charge on any atom is -0.480 e. The third-order valence-electron chi connectivity index (χ3n) is 5.18. The maximum absolute atomic E-state index is 12.1. The van der Waals surface area contributed by atoms with Crippen molar-refractivity contribution in [2.75, 3.05) is 13.2 Å². The van der Waals surface area contributed by atoms with Crippen LogP contribution in [0.2, 0.25) is 0 Å². The van der Waals surface area contributed by atoms with Gasteiger partial charge < -0.3 is 20.5 Å². The van der Waals surface area contributed by atoms with Crippen molar-refractivity contribution >= 4 is 18.0 Å². The maximum atomic E-state index is 12.1. The fourth-order valence-electron chi connectivity index (χ4n) is 3.78. The van der Waals surface area contributed by atoms with Gasteiger partial charge in [0.05, 0.1) is 6.54 Å². The Morgan fingerprint density at radius 1 is 1.03 bits per heavy atom. The highest BCUT2D eigenvalue weighted by molar-refractivity contribution is 5.96. The van der Waals surface area contributed by atoms with Crippen LogP contribution in [0.4, 0.5) is 4.79 Å². The number of benzene rings is 2. The van der Waals surface area contributed by atoms with Crippen LogP contribution < -0.4 is 10.6 Å². The van der Waals surface area contributed by atoms with Crippen molar-refractivity contribution in [1.29, 1.82) is 0 Å². The largest absolute Gasteiger partial charge is 0.480 e. The normalized spacial score (nSPS) is 12.7. The van der Waals surface area contributed by atoms with Crippen LogP contribution in [0.3, 0.4) is 0 Å². The van der Waals surface area contributed by atoms with Crippen molar-refractivity contribution in [3.05, 3.63) is 59.7 Å². The average molecular weight is 434 g/mol. The van der Waals surface area contributed by atoms with Crippen LogP contribution in [0.5, 0.6) is 0 Å². The van der Waals surface area contributed by atoms with E-state index < -0.39 is 24.0 Å². The fourth-order valence-corrected chi connectivity index (χ4v) is 3.78. The molecule has 2 amide bonds. The number of rotatable bonds is 7. The van der Waals surface area contributed by atoms with Crippen LogP contribution in [0.25, 0.3) is 11.1 Å². The quantitative estimate of drug-likeness (QED) is 0.581. The van der Waals surface area contributed by atoms with Gasteiger partial charge in [0, 0.05) is 5.92 Å². The second-order valence-corrected chi connectivity index (χ2v) is 7.97. The summed E-state index contributed by atoms with van der Waals surface area (Å²) >= 11 is 0. The van der Waals surface area contributed by atoms with Crippen LogP contribution in [0.1, 0.15) is 37.3 Å². The lowest BCUT2D eigenvalue weighted by molar-refractivity contribution is -0.141. The SMILES string of the molecule is CC(C)C[C@H](NC(=O)C#CCNC(=O)OCC1c2ccccc2-c2ccccc21)C(=O)O. The molecule has 7 nitrogen and oxygen atoms in total. The number of alkyl carbamates (subject to hydrolysis) is 1. The lowest BCUT2D eigenvalue weighted by Gasteiger charge is -2.14. The molecule has 0 saturated heterocycles. The van der Waals surface area contributed by atoms with Crippen molar-refractivity contribution in [2.24, 2.45) is 5.92 Å². The Balaban J connectivity index is 1.49. The van der Waals surface area contributed by atoms with Gasteiger partial charge in [-0.25, -0.2) is 9.59 Å². The van der Waals surface area contributed by atoms with Crippen molar-refractivity contribution in [3.8, 4) is 23.0 Å². The van der Waals surface area contributed by atoms with E-state index in [0.717, 1.165) is 22.3 Å². The summed E-state index contributed by atoms with van der Waals surface area (Å²) in [6.45, 7) is 3.83. The molecule has 0 unspecified atom stereocenters. The van der Waals surface area contributed by atoms with Crippen molar-refractivity contribution in [2.45, 2.75) is 32.2 Å². The molecule has 0 heterocycles. The summed E-state index contributed by atoms with van der Waals surface area (Å²) < 4.78 is 5.39. The minimum absolute atomic E-state index is 0.0427. The highest BCUT2D eigenvalue weighted by Crippen LogP contribution is 2.44. The standard InChI is InChI=1S/C25H26N2O5/c1-16(2)14-22(24(29)30)27-23(28)12-7-13-26-25(31)32-15-21-19-10-5-3-8-17(19)18-9-4-6-11-20(18)21/h3-6,8-11,16,21-22H,13-15H2,1-2H3,(H,26,31)(H,27,28)(H,29,30)/t22-/m0/s1. The second-order valence-electron chi connectivity index (χ2n) is 7.97. The highest BCUT2D eigenvalue weighted by atomic mass is 16.5. The number of aliphatic carboxylic acids is 1. The molecule has 1 aliphatic carbocycles. The minimum atomic E-state index is -1.11. The number of carbonyl (C=O) groups excluding carboxylic acids is 2. The third-order valence-corrected chi connectivity index (χ3v) is 5.18. The molecule has 1 atom stereocenters. The van der Waals surface area contributed by atoms with Crippen molar-refractivity contribution in [1.82, 2.24) is 10.6 Å². The number of ether oxygens (including phenoxy) is 1. The zero-order chi connectivity index (χ0) is 23.1. The first-order valence-corrected chi connectivity index (χ1v) is 10.5. The molecule has 2 aromatic carbocycles. The highest BCUT2D eigenvalue weighted by Gasteiger charge is 2.28. The number of nitrogens with one attached hydrogen (secondary N) is 2. The Kier molecular flexibility index (Phi) is 7.50. The molecule has 166 valence electrons. The molecular weight excluding hydrogens is 408 g/mol. The molecule has 0 bridgehead atoms. The first-order chi connectivity index (χ1) is 15.4. The number of hydrogen-bond donors (Lipinski definition) is 3. The summed E-state index contributed by atoms with van der Waals surface area (Å²) in [5.41, 5.74) is 4.52. The summed E-state index contributed by atoms with van der Waals surface area (Å²) in [5.74, 6) is 3.05. The topological polar surface area (TPSA) is 105 Å². The Bertz CT molecular complexity index is 1020. The molecule has 3 N–H and O–H groups in total. The van der Waals surface area contributed by atoms with Crippen LogP contribution in [0.15, 0.2) is 48.5 Å². The molecule has 7 heteroatoms. The number of carboxylic acids is 1. The molecule has 1 aliphatic rings. The van der Waals surface area contributed by atoms with E-state index in [1.807, 2.05) is 50.2 Å². The van der Waals surface area contributed by atoms with E-state index in [0.29, 0.717) is 6.42 Å². The molecule has 0 saturated carbocycles. The van der Waals surface area contributed by atoms with E-state index in [-0.39, 0.29) is 25.0 Å². The Morgan fingerprint density at radius 3 is 2.19 bits per heavy atom. The van der Waals surface area contributed by atoms with Gasteiger partial charge in [-0.15, -0.1) is 0 Å². The second kappa shape index (κ2) is 10.5. The van der Waals surface area contributed by atoms with Crippen molar-refractivity contribution < 1.29 is 24.2 Å². The number of fused-ring (bicyclic) bond motifs is 3. The van der Waals surface area contributed by atoms with Crippen LogP contribution in [0, 0.1) is 17.8 Å². The van der Waals surface area contributed by atoms with Gasteiger partial charge in [0.25, 0.3) is 5.91 Å². The fraction of sp³-hybridized carbons (Fsp3) is 0.320. The van der Waals surface area contributed by atoms with Gasteiger partial charge in [0.15, 0.2) is 0 Å². The molecule has 0 spiro atoms. The molecule has 0 aliphatic heterocycles. The first-order valence-electron chi connectivity index (χ1n) is 10.5. The Hall–Kier alpha value is -3.79. The predicted octanol–water partition coefficient (Wildman–Crippen LogP) is 3.14. The molecule has 0 fully saturated rings. The van der Waals surface area contributed by atoms with E-state index in [9.17, 15) is 14.4 Å². The number of carbonyl (C=O) groups is 3. The summed E-state index contributed by atoms with van der Waals surface area (Å²) in [4.78, 5) is 35.1. The summed E-state index contributed by atoms with van der Waals surface area (Å²) in [6, 6.07) is 15.1. The first kappa shape index (κ1) is 22.9. The van der Waals surface area contributed by atoms with E-state index in [1.165, 1.54) is 0 Å². The third kappa shape index (κ3) is 5.67. The van der Waals surface area contributed by atoms with Crippen molar-refractivity contribution in [3.63, 3.8) is 0 Å². The Morgan fingerprint density at radius 2 is 1.62 bits per heavy atom. The van der Waals surface area contributed by atoms with Gasteiger partial charge in [-0.05, 0) is 40.5 Å². The lowest BCUT2D eigenvalue weighted by Crippen LogP contribution is -2.41. The Labute approximate surface area is 187 Å². The van der Waals surface area contributed by atoms with E-state index in [4.69, 9.17) is 9.84 Å². The van der Waals surface area contributed by atoms with Gasteiger partial charge in [0.1, 0.15) is 12.6 Å². The van der Waals surface area contributed by atoms with E-state index in [1.54, 1.807) is 0 Å². The zero-order valence-corrected chi connectivity index (χ0v) is 18.1. The van der Waals surface area contributed by atoms with Gasteiger partial charge in [-0.3, -0.25) is 4.79 Å². The molecule has 0 radical (unpaired) electrons. The number of carboxylic acid groups (broad SMARTS) is 1. The average Bonchev–Trinajstić information content (AvgIpc) is 3.08. The maximum Gasteiger partial charge on any atom is 0.407 e. The molecule has 2 aromatic rings. The molecule has 0 aromatic heterocycles. The lowest BCUT2D eigenvalue weighted by atomic mass is 9.98. The van der Waals surface area contributed by atoms with Crippen LogP contribution in [-0.2, 0) is 14.3 Å². The van der Waals surface area contributed by atoms with E-state index in [2.05, 4.69) is 34.6 Å². The smallest absolute Gasteiger partial charge is 0.407 e. The molecular formula is C25H26N2O5. The summed E-state index contributed by atoms with van der Waals surface area (Å²) in [6.07, 6.45) is -0.328. The van der Waals surface area contributed by atoms with Gasteiger partial charge >= 0.3 is 12.1 Å². The molecule has 3 rings (SSSR count). The van der Waals surface area contributed by atoms with Gasteiger partial charge in [0.2, 0.25) is 0 Å². The van der Waals surface area contributed by atoms with Gasteiger partial charge in [-0.1, -0.05) is 68.3 Å². The summed E-state index contributed by atoms with van der Waals surface area (Å²) in [7, 11) is 0.